The number of aromatic nitrogens is 2. The second kappa shape index (κ2) is 9.25. The van der Waals surface area contributed by atoms with Gasteiger partial charge in [-0.25, -0.2) is 0 Å². The maximum absolute atomic E-state index is 12.4. The van der Waals surface area contributed by atoms with Gasteiger partial charge in [0.1, 0.15) is 11.8 Å². The van der Waals surface area contributed by atoms with Crippen LogP contribution in [0.3, 0.4) is 0 Å². The zero-order valence-corrected chi connectivity index (χ0v) is 16.8. The molecule has 29 heavy (non-hydrogen) atoms. The number of halogens is 1. The Morgan fingerprint density at radius 2 is 1.69 bits per heavy atom. The van der Waals surface area contributed by atoms with Crippen molar-refractivity contribution in [3.63, 3.8) is 0 Å². The van der Waals surface area contributed by atoms with Crippen molar-refractivity contribution in [3.8, 4) is 5.75 Å². The summed E-state index contributed by atoms with van der Waals surface area (Å²) in [6.07, 6.45) is 2.58. The smallest absolute Gasteiger partial charge is 0.265 e. The molecule has 150 valence electrons. The molecule has 3 rings (SSSR count). The number of carbonyl (C=O) groups excluding carboxylic acids is 2. The predicted octanol–water partition coefficient (Wildman–Crippen LogP) is 4.14. The summed E-state index contributed by atoms with van der Waals surface area (Å²) in [6.45, 7) is 3.39. The van der Waals surface area contributed by atoms with E-state index in [1.165, 1.54) is 0 Å². The van der Waals surface area contributed by atoms with E-state index in [-0.39, 0.29) is 11.8 Å². The number of ether oxygens (including phenoxy) is 1. The molecule has 0 saturated carbocycles. The normalized spacial score (nSPS) is 12.7. The molecule has 0 aliphatic carbocycles. The second-order valence-electron chi connectivity index (χ2n) is 6.41. The summed E-state index contributed by atoms with van der Waals surface area (Å²) >= 11 is 6.06. The van der Waals surface area contributed by atoms with E-state index in [2.05, 4.69) is 15.7 Å². The fourth-order valence-electron chi connectivity index (χ4n) is 2.58. The van der Waals surface area contributed by atoms with E-state index in [9.17, 15) is 9.59 Å². The van der Waals surface area contributed by atoms with Crippen molar-refractivity contribution in [3.05, 3.63) is 72.0 Å². The second-order valence-corrected chi connectivity index (χ2v) is 6.82. The molecule has 0 aliphatic rings. The van der Waals surface area contributed by atoms with Gasteiger partial charge < -0.3 is 15.4 Å². The number of benzene rings is 2. The quantitative estimate of drug-likeness (QED) is 0.610. The van der Waals surface area contributed by atoms with Gasteiger partial charge in [-0.15, -0.1) is 0 Å². The Balaban J connectivity index is 1.61. The average Bonchev–Trinajstić information content (AvgIpc) is 3.24. The third kappa shape index (κ3) is 5.36. The maximum atomic E-state index is 12.4. The van der Waals surface area contributed by atoms with Crippen LogP contribution in [0, 0.1) is 0 Å². The van der Waals surface area contributed by atoms with Crippen LogP contribution in [0.15, 0.2) is 67.0 Å². The molecule has 0 fully saturated rings. The first-order chi connectivity index (χ1) is 13.9. The van der Waals surface area contributed by atoms with Crippen LogP contribution in [-0.2, 0) is 9.59 Å². The van der Waals surface area contributed by atoms with E-state index in [1.54, 1.807) is 85.5 Å². The topological polar surface area (TPSA) is 85.3 Å². The number of hydrogen-bond acceptors (Lipinski definition) is 4. The fourth-order valence-corrected chi connectivity index (χ4v) is 2.76. The summed E-state index contributed by atoms with van der Waals surface area (Å²) in [5.41, 5.74) is 1.10. The van der Waals surface area contributed by atoms with Crippen molar-refractivity contribution in [2.24, 2.45) is 0 Å². The summed E-state index contributed by atoms with van der Waals surface area (Å²) < 4.78 is 7.19. The Bertz CT molecular complexity index is 991. The number of nitrogens with zero attached hydrogens (tertiary/aromatic N) is 2. The van der Waals surface area contributed by atoms with Crippen LogP contribution >= 0.6 is 11.6 Å². The molecule has 0 spiro atoms. The van der Waals surface area contributed by atoms with Gasteiger partial charge in [0.15, 0.2) is 6.10 Å². The number of hydrogen-bond donors (Lipinski definition) is 2. The van der Waals surface area contributed by atoms with E-state index in [4.69, 9.17) is 16.3 Å². The molecule has 2 amide bonds. The van der Waals surface area contributed by atoms with Gasteiger partial charge in [-0.05, 0) is 50.2 Å². The van der Waals surface area contributed by atoms with Gasteiger partial charge in [-0.3, -0.25) is 14.3 Å². The largest absolute Gasteiger partial charge is 0.479 e. The van der Waals surface area contributed by atoms with Gasteiger partial charge in [-0.1, -0.05) is 29.8 Å². The number of para-hydroxylation sites is 1. The van der Waals surface area contributed by atoms with Crippen LogP contribution in [0.25, 0.3) is 0 Å². The lowest BCUT2D eigenvalue weighted by Gasteiger charge is -2.16. The highest BCUT2D eigenvalue weighted by Crippen LogP contribution is 2.24. The highest BCUT2D eigenvalue weighted by Gasteiger charge is 2.18. The maximum Gasteiger partial charge on any atom is 0.265 e. The van der Waals surface area contributed by atoms with Crippen LogP contribution in [0.2, 0.25) is 5.02 Å². The molecule has 0 radical (unpaired) electrons. The first-order valence-corrected chi connectivity index (χ1v) is 9.44. The third-order valence-corrected chi connectivity index (χ3v) is 4.52. The van der Waals surface area contributed by atoms with E-state index in [0.717, 1.165) is 0 Å². The minimum absolute atomic E-state index is 0.215. The van der Waals surface area contributed by atoms with Gasteiger partial charge in [0.2, 0.25) is 5.91 Å². The summed E-state index contributed by atoms with van der Waals surface area (Å²) in [5, 5.41) is 10.1. The number of carbonyl (C=O) groups is 2. The van der Waals surface area contributed by atoms with E-state index in [0.29, 0.717) is 22.1 Å². The predicted molar refractivity (Wildman–Crippen MR) is 112 cm³/mol. The minimum Gasteiger partial charge on any atom is -0.479 e. The highest BCUT2D eigenvalue weighted by atomic mass is 35.5. The van der Waals surface area contributed by atoms with Crippen LogP contribution in [-0.4, -0.2) is 27.7 Å². The molecule has 0 saturated heterocycles. The lowest BCUT2D eigenvalue weighted by molar-refractivity contribution is -0.122. The van der Waals surface area contributed by atoms with Gasteiger partial charge in [0, 0.05) is 23.8 Å². The van der Waals surface area contributed by atoms with Crippen molar-refractivity contribution >= 4 is 34.8 Å². The number of nitrogens with one attached hydrogen (secondary N) is 2. The first kappa shape index (κ1) is 20.4. The summed E-state index contributed by atoms with van der Waals surface area (Å²) in [7, 11) is 0. The van der Waals surface area contributed by atoms with Crippen molar-refractivity contribution in [2.75, 3.05) is 10.6 Å². The number of amides is 2. The Morgan fingerprint density at radius 3 is 2.34 bits per heavy atom. The number of rotatable bonds is 7. The summed E-state index contributed by atoms with van der Waals surface area (Å²) in [4.78, 5) is 24.8. The molecule has 1 aromatic heterocycles. The lowest BCUT2D eigenvalue weighted by Crippen LogP contribution is -2.30. The molecule has 1 heterocycles. The van der Waals surface area contributed by atoms with Gasteiger partial charge in [0.05, 0.1) is 5.02 Å². The molecule has 0 bridgehead atoms. The van der Waals surface area contributed by atoms with Crippen molar-refractivity contribution < 1.29 is 14.3 Å². The minimum atomic E-state index is -0.756. The summed E-state index contributed by atoms with van der Waals surface area (Å²) in [5.74, 6) is -0.114. The Morgan fingerprint density at radius 1 is 1.00 bits per heavy atom. The van der Waals surface area contributed by atoms with E-state index >= 15 is 0 Å². The third-order valence-electron chi connectivity index (χ3n) is 4.21. The van der Waals surface area contributed by atoms with Crippen LogP contribution in [0.5, 0.6) is 5.75 Å². The Hall–Kier alpha value is -3.32. The van der Waals surface area contributed by atoms with Gasteiger partial charge in [-0.2, -0.15) is 5.10 Å². The molecular weight excluding hydrogens is 392 g/mol. The van der Waals surface area contributed by atoms with Gasteiger partial charge >= 0.3 is 0 Å². The van der Waals surface area contributed by atoms with Gasteiger partial charge in [0.25, 0.3) is 5.91 Å². The average molecular weight is 413 g/mol. The lowest BCUT2D eigenvalue weighted by atomic mass is 10.2. The van der Waals surface area contributed by atoms with Crippen molar-refractivity contribution in [2.45, 2.75) is 26.0 Å². The highest BCUT2D eigenvalue weighted by molar-refractivity contribution is 6.32. The molecule has 8 heteroatoms. The standard InChI is InChI=1S/C21H21ClN4O3/c1-14(26-12-6-11-23-26)20(27)24-16-7-5-8-17(13-16)25-21(28)15(2)29-19-10-4-3-9-18(19)22/h3-15H,1-2H3,(H,24,27)(H,25,28). The summed E-state index contributed by atoms with van der Waals surface area (Å²) in [6, 6.07) is 15.1. The van der Waals surface area contributed by atoms with Crippen molar-refractivity contribution in [1.29, 1.82) is 0 Å². The van der Waals surface area contributed by atoms with Crippen LogP contribution in [0.1, 0.15) is 19.9 Å². The molecule has 2 N–H and O–H groups in total. The Labute approximate surface area is 173 Å². The molecule has 2 aromatic carbocycles. The monoisotopic (exact) mass is 412 g/mol. The first-order valence-electron chi connectivity index (χ1n) is 9.06. The zero-order valence-electron chi connectivity index (χ0n) is 16.0. The molecule has 2 unspecified atom stereocenters. The molecule has 7 nitrogen and oxygen atoms in total. The Kier molecular flexibility index (Phi) is 6.51. The van der Waals surface area contributed by atoms with Crippen LogP contribution < -0.4 is 15.4 Å². The number of anilines is 2. The zero-order chi connectivity index (χ0) is 20.8. The van der Waals surface area contributed by atoms with Crippen LogP contribution in [0.4, 0.5) is 11.4 Å². The molecule has 3 aromatic rings. The molecule has 2 atom stereocenters. The van der Waals surface area contributed by atoms with E-state index in [1.807, 2.05) is 0 Å². The SMILES string of the molecule is CC(Oc1ccccc1Cl)C(=O)Nc1cccc(NC(=O)C(C)n2cccn2)c1. The molecular formula is C21H21ClN4O3. The fraction of sp³-hybridized carbons (Fsp3) is 0.190. The van der Waals surface area contributed by atoms with Crippen molar-refractivity contribution in [1.82, 2.24) is 9.78 Å². The molecule has 0 aliphatic heterocycles. The van der Waals surface area contributed by atoms with E-state index < -0.39 is 12.1 Å².